The van der Waals surface area contributed by atoms with Crippen LogP contribution in [-0.2, 0) is 10.0 Å². The Labute approximate surface area is 178 Å². The van der Waals surface area contributed by atoms with Crippen LogP contribution in [0.3, 0.4) is 0 Å². The van der Waals surface area contributed by atoms with Gasteiger partial charge in [0.25, 0.3) is 5.91 Å². The number of nitrogens with zero attached hydrogens (tertiary/aromatic N) is 3. The van der Waals surface area contributed by atoms with Gasteiger partial charge in [-0.2, -0.15) is 4.31 Å². The lowest BCUT2D eigenvalue weighted by Gasteiger charge is -2.33. The number of rotatable bonds is 6. The highest BCUT2D eigenvalue weighted by Crippen LogP contribution is 2.22. The largest absolute Gasteiger partial charge is 0.356 e. The summed E-state index contributed by atoms with van der Waals surface area (Å²) < 4.78 is 26.8. The number of H-pyrrole nitrogens is 1. The van der Waals surface area contributed by atoms with Gasteiger partial charge < -0.3 is 9.88 Å². The SMILES string of the molecule is O=C(c1cc(S(=O)(=O)N2CCCC2)c[nH]1)N1CCN(CC=Cc2ccccc2)CC1. The number of sulfonamides is 1. The predicted molar refractivity (Wildman–Crippen MR) is 117 cm³/mol. The molecule has 1 aromatic carbocycles. The summed E-state index contributed by atoms with van der Waals surface area (Å²) in [7, 11) is -3.51. The lowest BCUT2D eigenvalue weighted by atomic mass is 10.2. The van der Waals surface area contributed by atoms with Crippen LogP contribution >= 0.6 is 0 Å². The number of hydrogen-bond acceptors (Lipinski definition) is 4. The molecule has 0 unspecified atom stereocenters. The average molecular weight is 429 g/mol. The number of hydrogen-bond donors (Lipinski definition) is 1. The molecule has 1 aromatic heterocycles. The van der Waals surface area contributed by atoms with E-state index in [0.29, 0.717) is 31.9 Å². The minimum Gasteiger partial charge on any atom is -0.356 e. The fraction of sp³-hybridized carbons (Fsp3) is 0.409. The molecule has 8 heteroatoms. The van der Waals surface area contributed by atoms with Crippen molar-refractivity contribution in [1.29, 1.82) is 0 Å². The highest BCUT2D eigenvalue weighted by Gasteiger charge is 2.30. The van der Waals surface area contributed by atoms with Crippen molar-refractivity contribution in [1.82, 2.24) is 19.1 Å². The maximum Gasteiger partial charge on any atom is 0.270 e. The molecule has 160 valence electrons. The molecular formula is C22H28N4O3S. The number of benzene rings is 1. The van der Waals surface area contributed by atoms with Crippen molar-refractivity contribution in [2.45, 2.75) is 17.7 Å². The van der Waals surface area contributed by atoms with E-state index in [0.717, 1.165) is 32.5 Å². The quantitative estimate of drug-likeness (QED) is 0.766. The van der Waals surface area contributed by atoms with Crippen LogP contribution in [0.5, 0.6) is 0 Å². The van der Waals surface area contributed by atoms with Crippen molar-refractivity contribution >= 4 is 22.0 Å². The molecule has 1 amide bonds. The monoisotopic (exact) mass is 428 g/mol. The van der Waals surface area contributed by atoms with Crippen LogP contribution in [-0.4, -0.2) is 79.2 Å². The first-order chi connectivity index (χ1) is 14.5. The van der Waals surface area contributed by atoms with Gasteiger partial charge in [-0.3, -0.25) is 9.69 Å². The second-order valence-corrected chi connectivity index (χ2v) is 9.70. The van der Waals surface area contributed by atoms with E-state index >= 15 is 0 Å². The van der Waals surface area contributed by atoms with Gasteiger partial charge in [-0.25, -0.2) is 8.42 Å². The van der Waals surface area contributed by atoms with Crippen LogP contribution in [0, 0.1) is 0 Å². The van der Waals surface area contributed by atoms with Crippen molar-refractivity contribution in [2.24, 2.45) is 0 Å². The van der Waals surface area contributed by atoms with Crippen LogP contribution in [0.1, 0.15) is 28.9 Å². The third-order valence-corrected chi connectivity index (χ3v) is 7.60. The zero-order chi connectivity index (χ0) is 21.0. The fourth-order valence-corrected chi connectivity index (χ4v) is 5.44. The smallest absolute Gasteiger partial charge is 0.270 e. The topological polar surface area (TPSA) is 76.7 Å². The fourth-order valence-electron chi connectivity index (χ4n) is 3.93. The Morgan fingerprint density at radius 1 is 1.00 bits per heavy atom. The molecule has 1 N–H and O–H groups in total. The van der Waals surface area contributed by atoms with Crippen LogP contribution in [0.25, 0.3) is 6.08 Å². The number of piperazine rings is 1. The number of nitrogens with one attached hydrogen (secondary N) is 1. The van der Waals surface area contributed by atoms with Crippen molar-refractivity contribution in [3.05, 3.63) is 59.9 Å². The molecule has 2 fully saturated rings. The summed E-state index contributed by atoms with van der Waals surface area (Å²) in [6, 6.07) is 11.7. The van der Waals surface area contributed by atoms with E-state index in [1.165, 1.54) is 22.1 Å². The number of aromatic nitrogens is 1. The molecule has 0 spiro atoms. The molecule has 30 heavy (non-hydrogen) atoms. The summed E-state index contributed by atoms with van der Waals surface area (Å²) >= 11 is 0. The van der Waals surface area contributed by atoms with Crippen molar-refractivity contribution in [3.63, 3.8) is 0 Å². The average Bonchev–Trinajstić information content (AvgIpc) is 3.48. The Bertz CT molecular complexity index is 986. The van der Waals surface area contributed by atoms with Gasteiger partial charge in [0.05, 0.1) is 0 Å². The van der Waals surface area contributed by atoms with Gasteiger partial charge >= 0.3 is 0 Å². The lowest BCUT2D eigenvalue weighted by Crippen LogP contribution is -2.48. The molecule has 0 radical (unpaired) electrons. The van der Waals surface area contributed by atoms with Crippen LogP contribution in [0.2, 0.25) is 0 Å². The van der Waals surface area contributed by atoms with E-state index in [2.05, 4.69) is 34.2 Å². The highest BCUT2D eigenvalue weighted by atomic mass is 32.2. The third kappa shape index (κ3) is 4.66. The molecule has 0 saturated carbocycles. The summed E-state index contributed by atoms with van der Waals surface area (Å²) in [4.78, 5) is 20.0. The molecule has 7 nitrogen and oxygen atoms in total. The van der Waals surface area contributed by atoms with E-state index in [-0.39, 0.29) is 10.8 Å². The second-order valence-electron chi connectivity index (χ2n) is 7.77. The molecule has 2 aromatic rings. The van der Waals surface area contributed by atoms with Gasteiger partial charge in [-0.1, -0.05) is 42.5 Å². The van der Waals surface area contributed by atoms with E-state index in [9.17, 15) is 13.2 Å². The Balaban J connectivity index is 1.30. The molecule has 0 aliphatic carbocycles. The minimum absolute atomic E-state index is 0.141. The van der Waals surface area contributed by atoms with Crippen LogP contribution in [0.15, 0.2) is 53.6 Å². The first kappa shape index (κ1) is 20.8. The maximum atomic E-state index is 12.8. The van der Waals surface area contributed by atoms with Crippen molar-refractivity contribution in [2.75, 3.05) is 45.8 Å². The Hall–Kier alpha value is -2.42. The van der Waals surface area contributed by atoms with Crippen molar-refractivity contribution < 1.29 is 13.2 Å². The first-order valence-electron chi connectivity index (χ1n) is 10.5. The van der Waals surface area contributed by atoms with Gasteiger partial charge in [0.2, 0.25) is 10.0 Å². The Morgan fingerprint density at radius 2 is 1.70 bits per heavy atom. The Morgan fingerprint density at radius 3 is 2.40 bits per heavy atom. The summed E-state index contributed by atoms with van der Waals surface area (Å²) in [6.45, 7) is 4.80. The lowest BCUT2D eigenvalue weighted by molar-refractivity contribution is 0.0645. The molecule has 2 aliphatic heterocycles. The minimum atomic E-state index is -3.51. The Kier molecular flexibility index (Phi) is 6.36. The van der Waals surface area contributed by atoms with E-state index in [4.69, 9.17) is 0 Å². The van der Waals surface area contributed by atoms with Crippen LogP contribution in [0.4, 0.5) is 0 Å². The van der Waals surface area contributed by atoms with E-state index < -0.39 is 10.0 Å². The molecule has 4 rings (SSSR count). The highest BCUT2D eigenvalue weighted by molar-refractivity contribution is 7.89. The number of aromatic amines is 1. The van der Waals surface area contributed by atoms with Gasteiger partial charge in [-0.05, 0) is 24.5 Å². The summed E-state index contributed by atoms with van der Waals surface area (Å²) in [5, 5.41) is 0. The van der Waals surface area contributed by atoms with Gasteiger partial charge in [0.1, 0.15) is 10.6 Å². The standard InChI is InChI=1S/C22H28N4O3S/c27-22(21-17-20(18-23-21)30(28,29)26-11-4-5-12-26)25-15-13-24(14-16-25)10-6-9-19-7-2-1-3-8-19/h1-3,6-9,17-18,23H,4-5,10-16H2. The molecule has 2 aliphatic rings. The molecule has 3 heterocycles. The summed E-state index contributed by atoms with van der Waals surface area (Å²) in [6.07, 6.45) is 7.47. The molecular weight excluding hydrogens is 400 g/mol. The van der Waals surface area contributed by atoms with Crippen LogP contribution < -0.4 is 0 Å². The van der Waals surface area contributed by atoms with Crippen molar-refractivity contribution in [3.8, 4) is 0 Å². The number of carbonyl (C=O) groups excluding carboxylic acids is 1. The molecule has 0 atom stereocenters. The second kappa shape index (κ2) is 9.16. The normalized spacial score (nSPS) is 19.0. The number of amides is 1. The predicted octanol–water partition coefficient (Wildman–Crippen LogP) is 2.27. The summed E-state index contributed by atoms with van der Waals surface area (Å²) in [5.41, 5.74) is 1.52. The molecule has 2 saturated heterocycles. The van der Waals surface area contributed by atoms with E-state index in [1.807, 2.05) is 18.2 Å². The third-order valence-electron chi connectivity index (χ3n) is 5.72. The van der Waals surface area contributed by atoms with Gasteiger partial charge in [-0.15, -0.1) is 0 Å². The summed E-state index contributed by atoms with van der Waals surface area (Å²) in [5.74, 6) is -0.141. The number of carbonyl (C=O) groups is 1. The molecule has 0 bridgehead atoms. The van der Waals surface area contributed by atoms with Gasteiger partial charge in [0, 0.05) is 52.0 Å². The van der Waals surface area contributed by atoms with Gasteiger partial charge in [0.15, 0.2) is 0 Å². The van der Waals surface area contributed by atoms with E-state index in [1.54, 1.807) is 4.90 Å². The first-order valence-corrected chi connectivity index (χ1v) is 11.9. The maximum absolute atomic E-state index is 12.8. The zero-order valence-corrected chi connectivity index (χ0v) is 17.9. The zero-order valence-electron chi connectivity index (χ0n) is 17.0.